The molecular weight excluding hydrogens is 368 g/mol. The fourth-order valence-electron chi connectivity index (χ4n) is 3.57. The van der Waals surface area contributed by atoms with Gasteiger partial charge in [0.05, 0.1) is 30.4 Å². The van der Waals surface area contributed by atoms with E-state index >= 15 is 0 Å². The summed E-state index contributed by atoms with van der Waals surface area (Å²) < 4.78 is 12.5. The van der Waals surface area contributed by atoms with Crippen LogP contribution < -0.4 is 5.43 Å². The van der Waals surface area contributed by atoms with Crippen LogP contribution in [0.3, 0.4) is 0 Å². The van der Waals surface area contributed by atoms with Gasteiger partial charge in [-0.15, -0.1) is 0 Å². The van der Waals surface area contributed by atoms with Crippen molar-refractivity contribution in [1.29, 1.82) is 0 Å². The van der Waals surface area contributed by atoms with E-state index in [1.165, 1.54) is 0 Å². The minimum absolute atomic E-state index is 0.0216. The second-order valence-corrected chi connectivity index (χ2v) is 6.84. The Hall–Kier alpha value is -3.38. The van der Waals surface area contributed by atoms with E-state index in [0.717, 1.165) is 11.0 Å². The van der Waals surface area contributed by atoms with E-state index < -0.39 is 0 Å². The highest BCUT2D eigenvalue weighted by Gasteiger charge is 2.18. The molecule has 0 aliphatic carbocycles. The zero-order valence-electron chi connectivity index (χ0n) is 16.2. The molecule has 0 atom stereocenters. The summed E-state index contributed by atoms with van der Waals surface area (Å²) in [5.41, 5.74) is 1.47. The van der Waals surface area contributed by atoms with Gasteiger partial charge in [0, 0.05) is 24.4 Å². The molecule has 2 aromatic carbocycles. The Morgan fingerprint density at radius 3 is 2.24 bits per heavy atom. The molecule has 6 heteroatoms. The van der Waals surface area contributed by atoms with Crippen LogP contribution in [0.2, 0.25) is 0 Å². The van der Waals surface area contributed by atoms with Crippen LogP contribution in [0.4, 0.5) is 0 Å². The van der Waals surface area contributed by atoms with E-state index in [0.29, 0.717) is 36.2 Å². The summed E-state index contributed by atoms with van der Waals surface area (Å²) in [4.78, 5) is 27.8. The number of aromatic nitrogens is 1. The Bertz CT molecular complexity index is 1130. The van der Waals surface area contributed by atoms with E-state index in [1.807, 2.05) is 47.0 Å². The van der Waals surface area contributed by atoms with Crippen molar-refractivity contribution in [2.24, 2.45) is 0 Å². The molecule has 2 heterocycles. The van der Waals surface area contributed by atoms with Gasteiger partial charge < -0.3 is 18.6 Å². The van der Waals surface area contributed by atoms with Crippen LogP contribution in [0.15, 0.2) is 76.1 Å². The number of pyridine rings is 1. The van der Waals surface area contributed by atoms with Crippen molar-refractivity contribution >= 4 is 27.7 Å². The number of para-hydroxylation sites is 2. The summed E-state index contributed by atoms with van der Waals surface area (Å²) in [6.45, 7) is 1.36. The quantitative estimate of drug-likeness (QED) is 0.454. The number of hydrogen-bond donors (Lipinski definition) is 0. The lowest BCUT2D eigenvalue weighted by Crippen LogP contribution is -2.36. The van der Waals surface area contributed by atoms with E-state index in [4.69, 9.17) is 9.15 Å². The zero-order chi connectivity index (χ0) is 20.2. The lowest BCUT2D eigenvalue weighted by atomic mass is 10.1. The number of rotatable bonds is 7. The standard InChI is InChI=1S/C23H22N2O4/c1-28-14-12-24(15-17-7-6-13-29-17)22(26)16-25-20-10-4-2-8-18(20)23(27)19-9-3-5-11-21(19)25/h2-11,13H,12,14-16H2,1H3. The van der Waals surface area contributed by atoms with Gasteiger partial charge in [-0.25, -0.2) is 0 Å². The van der Waals surface area contributed by atoms with Crippen molar-refractivity contribution in [2.45, 2.75) is 13.1 Å². The molecule has 6 nitrogen and oxygen atoms in total. The molecule has 148 valence electrons. The normalized spacial score (nSPS) is 11.2. The fraction of sp³-hybridized carbons (Fsp3) is 0.217. The van der Waals surface area contributed by atoms with Crippen molar-refractivity contribution < 1.29 is 13.9 Å². The number of nitrogens with zero attached hydrogens (tertiary/aromatic N) is 2. The monoisotopic (exact) mass is 390 g/mol. The second kappa shape index (κ2) is 8.32. The number of furan rings is 1. The molecule has 0 radical (unpaired) electrons. The Balaban J connectivity index is 1.76. The Morgan fingerprint density at radius 1 is 1.00 bits per heavy atom. The lowest BCUT2D eigenvalue weighted by molar-refractivity contribution is -0.133. The van der Waals surface area contributed by atoms with Crippen LogP contribution in [0.1, 0.15) is 5.76 Å². The van der Waals surface area contributed by atoms with Crippen LogP contribution in [0.5, 0.6) is 0 Å². The van der Waals surface area contributed by atoms with Gasteiger partial charge in [0.25, 0.3) is 0 Å². The first-order valence-electron chi connectivity index (χ1n) is 9.48. The lowest BCUT2D eigenvalue weighted by Gasteiger charge is -2.23. The molecule has 0 fully saturated rings. The van der Waals surface area contributed by atoms with Crippen molar-refractivity contribution in [2.75, 3.05) is 20.3 Å². The SMILES string of the molecule is COCCN(Cc1ccco1)C(=O)Cn1c2ccccc2c(=O)c2ccccc21. The van der Waals surface area contributed by atoms with Crippen molar-refractivity contribution in [1.82, 2.24) is 9.47 Å². The molecular formula is C23H22N2O4. The summed E-state index contributed by atoms with van der Waals surface area (Å²) in [6.07, 6.45) is 1.59. The largest absolute Gasteiger partial charge is 0.467 e. The van der Waals surface area contributed by atoms with Crippen molar-refractivity contribution in [3.8, 4) is 0 Å². The molecule has 1 amide bonds. The van der Waals surface area contributed by atoms with Gasteiger partial charge in [-0.3, -0.25) is 9.59 Å². The third kappa shape index (κ3) is 3.79. The first kappa shape index (κ1) is 19.0. The summed E-state index contributed by atoms with van der Waals surface area (Å²) in [5.74, 6) is 0.640. The molecule has 0 aliphatic heterocycles. The summed E-state index contributed by atoms with van der Waals surface area (Å²) >= 11 is 0. The minimum atomic E-state index is -0.0718. The highest BCUT2D eigenvalue weighted by Crippen LogP contribution is 2.19. The third-order valence-electron chi connectivity index (χ3n) is 5.02. The number of benzene rings is 2. The maximum Gasteiger partial charge on any atom is 0.243 e. The fourth-order valence-corrected chi connectivity index (χ4v) is 3.57. The maximum atomic E-state index is 13.2. The van der Waals surface area contributed by atoms with E-state index in [1.54, 1.807) is 36.5 Å². The molecule has 2 aromatic heterocycles. The minimum Gasteiger partial charge on any atom is -0.467 e. The Kier molecular flexibility index (Phi) is 5.44. The number of carbonyl (C=O) groups excluding carboxylic acids is 1. The molecule has 0 bridgehead atoms. The maximum absolute atomic E-state index is 13.2. The van der Waals surface area contributed by atoms with Gasteiger partial charge in [-0.2, -0.15) is 0 Å². The molecule has 29 heavy (non-hydrogen) atoms. The number of methoxy groups -OCH3 is 1. The molecule has 0 aliphatic rings. The Morgan fingerprint density at radius 2 is 1.66 bits per heavy atom. The first-order chi connectivity index (χ1) is 14.2. The van der Waals surface area contributed by atoms with Gasteiger partial charge in [-0.05, 0) is 36.4 Å². The number of amides is 1. The average Bonchev–Trinajstić information content (AvgIpc) is 3.27. The van der Waals surface area contributed by atoms with Gasteiger partial charge in [0.15, 0.2) is 5.43 Å². The number of hydrogen-bond acceptors (Lipinski definition) is 4. The van der Waals surface area contributed by atoms with E-state index in [9.17, 15) is 9.59 Å². The van der Waals surface area contributed by atoms with Crippen LogP contribution in [0.25, 0.3) is 21.8 Å². The van der Waals surface area contributed by atoms with Gasteiger partial charge in [0.1, 0.15) is 12.3 Å². The van der Waals surface area contributed by atoms with E-state index in [2.05, 4.69) is 0 Å². The van der Waals surface area contributed by atoms with Crippen LogP contribution in [-0.2, 0) is 22.6 Å². The molecule has 0 saturated carbocycles. The highest BCUT2D eigenvalue weighted by atomic mass is 16.5. The van der Waals surface area contributed by atoms with Crippen LogP contribution >= 0.6 is 0 Å². The summed E-state index contributed by atoms with van der Waals surface area (Å²) in [7, 11) is 1.61. The van der Waals surface area contributed by atoms with Crippen LogP contribution in [-0.4, -0.2) is 35.6 Å². The third-order valence-corrected chi connectivity index (χ3v) is 5.02. The molecule has 4 aromatic rings. The molecule has 4 rings (SSSR count). The zero-order valence-corrected chi connectivity index (χ0v) is 16.2. The van der Waals surface area contributed by atoms with Gasteiger partial charge >= 0.3 is 0 Å². The van der Waals surface area contributed by atoms with Crippen molar-refractivity contribution in [3.63, 3.8) is 0 Å². The van der Waals surface area contributed by atoms with Gasteiger partial charge in [-0.1, -0.05) is 24.3 Å². The molecule has 0 unspecified atom stereocenters. The molecule has 0 N–H and O–H groups in total. The highest BCUT2D eigenvalue weighted by molar-refractivity contribution is 5.94. The number of carbonyl (C=O) groups is 1. The average molecular weight is 390 g/mol. The van der Waals surface area contributed by atoms with Gasteiger partial charge in [0.2, 0.25) is 5.91 Å². The predicted molar refractivity (Wildman–Crippen MR) is 112 cm³/mol. The predicted octanol–water partition coefficient (Wildman–Crippen LogP) is 3.42. The van der Waals surface area contributed by atoms with Crippen LogP contribution in [0, 0.1) is 0 Å². The summed E-state index contributed by atoms with van der Waals surface area (Å²) in [6, 6.07) is 18.4. The topological polar surface area (TPSA) is 64.7 Å². The Labute approximate surface area is 167 Å². The smallest absolute Gasteiger partial charge is 0.243 e. The second-order valence-electron chi connectivity index (χ2n) is 6.84. The molecule has 0 saturated heterocycles. The molecule has 0 spiro atoms. The van der Waals surface area contributed by atoms with E-state index in [-0.39, 0.29) is 17.9 Å². The number of ether oxygens (including phenoxy) is 1. The first-order valence-corrected chi connectivity index (χ1v) is 9.48. The number of fused-ring (bicyclic) bond motifs is 2. The van der Waals surface area contributed by atoms with Crippen molar-refractivity contribution in [3.05, 3.63) is 82.9 Å². The summed E-state index contributed by atoms with van der Waals surface area (Å²) in [5, 5.41) is 1.21.